The molecule has 0 fully saturated rings. The lowest BCUT2D eigenvalue weighted by molar-refractivity contribution is -0.143. The highest BCUT2D eigenvalue weighted by atomic mass is 32.1. The molecule has 2 heterocycles. The minimum Gasteiger partial charge on any atom is -0.468 e. The van der Waals surface area contributed by atoms with Crippen molar-refractivity contribution in [2.75, 3.05) is 13.7 Å². The molecule has 79 valence electrons. The van der Waals surface area contributed by atoms with E-state index in [-0.39, 0.29) is 12.5 Å². The number of hydrazine groups is 2. The van der Waals surface area contributed by atoms with Gasteiger partial charge in [-0.3, -0.25) is 10.2 Å². The second-order valence-electron chi connectivity index (χ2n) is 2.75. The number of hydrogen-bond donors (Lipinski definition) is 2. The van der Waals surface area contributed by atoms with E-state index >= 15 is 0 Å². The van der Waals surface area contributed by atoms with E-state index in [4.69, 9.17) is 0 Å². The third-order valence-electron chi connectivity index (χ3n) is 1.74. The largest absolute Gasteiger partial charge is 0.468 e. The molecule has 0 atom stereocenters. The number of esters is 1. The number of amidine groups is 1. The van der Waals surface area contributed by atoms with Crippen molar-refractivity contribution < 1.29 is 9.53 Å². The van der Waals surface area contributed by atoms with Crippen molar-refractivity contribution in [1.82, 2.24) is 16.1 Å². The number of thiophene rings is 1. The van der Waals surface area contributed by atoms with Gasteiger partial charge in [0.2, 0.25) is 0 Å². The van der Waals surface area contributed by atoms with Crippen LogP contribution in [0.3, 0.4) is 0 Å². The third-order valence-corrected chi connectivity index (χ3v) is 2.55. The fraction of sp³-hybridized carbons (Fsp3) is 0.250. The molecule has 0 amide bonds. The Labute approximate surface area is 90.5 Å². The molecule has 2 rings (SSSR count). The predicted molar refractivity (Wildman–Crippen MR) is 54.7 cm³/mol. The van der Waals surface area contributed by atoms with E-state index in [1.165, 1.54) is 23.6 Å². The van der Waals surface area contributed by atoms with Crippen LogP contribution in [0.4, 0.5) is 0 Å². The Bertz CT molecular complexity index is 376. The molecule has 0 unspecified atom stereocenters. The quantitative estimate of drug-likeness (QED) is 0.692. The maximum atomic E-state index is 11.0. The number of hydrazone groups is 1. The summed E-state index contributed by atoms with van der Waals surface area (Å²) >= 11 is 1.45. The molecular weight excluding hydrogens is 216 g/mol. The molecule has 0 aliphatic carbocycles. The predicted octanol–water partition coefficient (Wildman–Crippen LogP) is -0.292. The average molecular weight is 225 g/mol. The molecule has 0 bridgehead atoms. The van der Waals surface area contributed by atoms with Crippen molar-refractivity contribution in [3.05, 3.63) is 22.4 Å². The Morgan fingerprint density at radius 2 is 2.67 bits per heavy atom. The van der Waals surface area contributed by atoms with Crippen LogP contribution in [0.15, 0.2) is 17.2 Å². The normalized spacial score (nSPS) is 15.4. The maximum Gasteiger partial charge on any atom is 0.323 e. The zero-order valence-corrected chi connectivity index (χ0v) is 8.80. The van der Waals surface area contributed by atoms with E-state index in [1.807, 2.05) is 12.1 Å². The number of carbonyl (C=O) groups excluding carboxylic acids is 1. The standard InChI is InChI=1S/C8H9N4O2S/c1-14-7(13)5-12-10-8(9-11-12)6-3-2-4-15-6/h2-3,11H,5H2,1H3,(H,9,10). The lowest BCUT2D eigenvalue weighted by Crippen LogP contribution is -2.44. The Balaban J connectivity index is 1.91. The number of ether oxygens (including phenoxy) is 1. The van der Waals surface area contributed by atoms with Gasteiger partial charge in [-0.05, 0) is 12.1 Å². The minimum absolute atomic E-state index is 0.0819. The Morgan fingerprint density at radius 1 is 1.80 bits per heavy atom. The molecule has 0 aromatic carbocycles. The molecule has 7 heteroatoms. The van der Waals surface area contributed by atoms with Gasteiger partial charge < -0.3 is 4.74 Å². The van der Waals surface area contributed by atoms with Crippen LogP contribution in [0.1, 0.15) is 4.88 Å². The van der Waals surface area contributed by atoms with Gasteiger partial charge in [-0.1, -0.05) is 0 Å². The summed E-state index contributed by atoms with van der Waals surface area (Å²) in [5, 5.41) is 8.41. The van der Waals surface area contributed by atoms with E-state index in [9.17, 15) is 4.79 Å². The first-order valence-electron chi connectivity index (χ1n) is 4.20. The topological polar surface area (TPSA) is 66.0 Å². The highest BCUT2D eigenvalue weighted by Crippen LogP contribution is 2.09. The second kappa shape index (κ2) is 4.28. The number of methoxy groups -OCH3 is 1. The molecule has 1 aliphatic heterocycles. The van der Waals surface area contributed by atoms with Gasteiger partial charge in [0.05, 0.1) is 12.0 Å². The SMILES string of the molecule is COC(=O)CN1NN=C(c2cc[c]s2)N1. The van der Waals surface area contributed by atoms with Gasteiger partial charge in [0.25, 0.3) is 0 Å². The number of nitrogens with zero attached hydrogens (tertiary/aromatic N) is 2. The van der Waals surface area contributed by atoms with Gasteiger partial charge in [-0.25, -0.2) is 5.53 Å². The number of carbonyl (C=O) groups is 1. The fourth-order valence-electron chi connectivity index (χ4n) is 1.04. The molecule has 1 aromatic heterocycles. The summed E-state index contributed by atoms with van der Waals surface area (Å²) in [5.41, 5.74) is 5.58. The van der Waals surface area contributed by atoms with Crippen molar-refractivity contribution in [3.8, 4) is 0 Å². The average Bonchev–Trinajstić information content (AvgIpc) is 2.85. The van der Waals surface area contributed by atoms with Crippen LogP contribution < -0.4 is 11.0 Å². The van der Waals surface area contributed by atoms with Crippen molar-refractivity contribution in [3.63, 3.8) is 0 Å². The lowest BCUT2D eigenvalue weighted by atomic mass is 10.4. The Kier molecular flexibility index (Phi) is 2.84. The molecule has 6 nitrogen and oxygen atoms in total. The van der Waals surface area contributed by atoms with Gasteiger partial charge >= 0.3 is 5.97 Å². The molecule has 1 radical (unpaired) electrons. The van der Waals surface area contributed by atoms with E-state index in [0.29, 0.717) is 5.84 Å². The van der Waals surface area contributed by atoms with Crippen molar-refractivity contribution in [1.29, 1.82) is 0 Å². The molecule has 0 saturated heterocycles. The first-order chi connectivity index (χ1) is 7.29. The summed E-state index contributed by atoms with van der Waals surface area (Å²) in [6.45, 7) is 0.0819. The monoisotopic (exact) mass is 225 g/mol. The first kappa shape index (κ1) is 9.94. The van der Waals surface area contributed by atoms with Crippen molar-refractivity contribution in [2.24, 2.45) is 5.10 Å². The summed E-state index contributed by atoms with van der Waals surface area (Å²) < 4.78 is 4.52. The third kappa shape index (κ3) is 2.25. The number of hydrogen-bond acceptors (Lipinski definition) is 7. The zero-order valence-electron chi connectivity index (χ0n) is 7.98. The summed E-state index contributed by atoms with van der Waals surface area (Å²) in [5.74, 6) is 0.328. The van der Waals surface area contributed by atoms with Gasteiger partial charge in [-0.15, -0.1) is 21.6 Å². The maximum absolute atomic E-state index is 11.0. The van der Waals surface area contributed by atoms with Crippen LogP contribution >= 0.6 is 11.3 Å². The summed E-state index contributed by atoms with van der Waals surface area (Å²) in [7, 11) is 1.34. The lowest BCUT2D eigenvalue weighted by Gasteiger charge is -2.13. The molecule has 2 N–H and O–H groups in total. The van der Waals surface area contributed by atoms with Gasteiger partial charge in [-0.2, -0.15) is 0 Å². The minimum atomic E-state index is -0.343. The molecule has 0 saturated carbocycles. The highest BCUT2D eigenvalue weighted by Gasteiger charge is 2.19. The fourth-order valence-corrected chi connectivity index (χ4v) is 1.62. The van der Waals surface area contributed by atoms with E-state index < -0.39 is 0 Å². The van der Waals surface area contributed by atoms with Crippen LogP contribution in [-0.2, 0) is 9.53 Å². The number of rotatable bonds is 3. The number of nitrogens with one attached hydrogen (secondary N) is 2. The summed E-state index contributed by atoms with van der Waals surface area (Å²) in [6.07, 6.45) is 0. The van der Waals surface area contributed by atoms with Crippen LogP contribution in [-0.4, -0.2) is 30.6 Å². The highest BCUT2D eigenvalue weighted by molar-refractivity contribution is 7.11. The van der Waals surface area contributed by atoms with Crippen LogP contribution in [0, 0.1) is 5.38 Å². The molecule has 1 aromatic rings. The van der Waals surface area contributed by atoms with Crippen LogP contribution in [0.25, 0.3) is 0 Å². The van der Waals surface area contributed by atoms with Gasteiger partial charge in [0.1, 0.15) is 6.54 Å². The van der Waals surface area contributed by atoms with Crippen LogP contribution in [0.2, 0.25) is 0 Å². The molecule has 15 heavy (non-hydrogen) atoms. The zero-order chi connectivity index (χ0) is 10.7. The van der Waals surface area contributed by atoms with Crippen LogP contribution in [0.5, 0.6) is 0 Å². The Hall–Kier alpha value is -1.60. The summed E-state index contributed by atoms with van der Waals surface area (Å²) in [6, 6.07) is 3.70. The smallest absolute Gasteiger partial charge is 0.323 e. The van der Waals surface area contributed by atoms with E-state index in [1.54, 1.807) is 0 Å². The first-order valence-corrected chi connectivity index (χ1v) is 5.02. The van der Waals surface area contributed by atoms with Gasteiger partial charge in [0.15, 0.2) is 5.84 Å². The summed E-state index contributed by atoms with van der Waals surface area (Å²) in [4.78, 5) is 11.9. The van der Waals surface area contributed by atoms with Crippen molar-refractivity contribution in [2.45, 2.75) is 0 Å². The molecule has 1 aliphatic rings. The van der Waals surface area contributed by atoms with Gasteiger partial charge in [0, 0.05) is 5.38 Å². The second-order valence-corrected chi connectivity index (χ2v) is 3.63. The van der Waals surface area contributed by atoms with E-state index in [0.717, 1.165) is 4.88 Å². The van der Waals surface area contributed by atoms with E-state index in [2.05, 4.69) is 26.2 Å². The van der Waals surface area contributed by atoms with Crippen molar-refractivity contribution >= 4 is 23.1 Å². The molecular formula is C8H9N4O2S. The Morgan fingerprint density at radius 3 is 3.33 bits per heavy atom. The molecule has 0 spiro atoms.